The number of piperidine rings is 1. The normalized spacial score (nSPS) is 19.6. The Kier molecular flexibility index (Phi) is 6.73. The zero-order valence-electron chi connectivity index (χ0n) is 14.2. The van der Waals surface area contributed by atoms with E-state index in [0.717, 1.165) is 19.4 Å². The van der Waals surface area contributed by atoms with Crippen molar-refractivity contribution >= 4 is 24.1 Å². The quantitative estimate of drug-likeness (QED) is 0.825. The Morgan fingerprint density at radius 3 is 2.32 bits per heavy atom. The highest BCUT2D eigenvalue weighted by Crippen LogP contribution is 2.16. The molecule has 2 aromatic carbocycles. The lowest BCUT2D eigenvalue weighted by atomic mass is 9.96. The molecule has 0 aromatic heterocycles. The van der Waals surface area contributed by atoms with Crippen LogP contribution < -0.4 is 10.6 Å². The Balaban J connectivity index is 0.00000225. The maximum Gasteiger partial charge on any atom is 0.252 e. The van der Waals surface area contributed by atoms with Crippen LogP contribution in [0, 0.1) is 0 Å². The highest BCUT2D eigenvalue weighted by molar-refractivity contribution is 6.15. The molecule has 2 aromatic rings. The Bertz CT molecular complexity index is 733. The molecule has 132 valence electrons. The lowest BCUT2D eigenvalue weighted by Gasteiger charge is -2.30. The van der Waals surface area contributed by atoms with Crippen LogP contribution in [0.4, 0.5) is 0 Å². The third kappa shape index (κ3) is 4.47. The number of carbonyl (C=O) groups is 2. The molecular formula is C20H23ClN2O2. The summed E-state index contributed by atoms with van der Waals surface area (Å²) in [7, 11) is 0. The first kappa shape index (κ1) is 19.2. The molecular weight excluding hydrogens is 336 g/mol. The highest BCUT2D eigenvalue weighted by Gasteiger charge is 2.25. The first-order valence-corrected chi connectivity index (χ1v) is 8.40. The van der Waals surface area contributed by atoms with Crippen LogP contribution in [0.2, 0.25) is 0 Å². The van der Waals surface area contributed by atoms with Crippen molar-refractivity contribution in [3.05, 3.63) is 71.3 Å². The number of rotatable bonds is 4. The molecule has 1 fully saturated rings. The molecule has 1 saturated heterocycles. The average Bonchev–Trinajstić information content (AvgIpc) is 2.63. The molecule has 25 heavy (non-hydrogen) atoms. The van der Waals surface area contributed by atoms with Crippen LogP contribution in [0.3, 0.4) is 0 Å². The molecule has 1 aliphatic rings. The Hall–Kier alpha value is -2.17. The summed E-state index contributed by atoms with van der Waals surface area (Å²) in [6, 6.07) is 16.4. The first-order chi connectivity index (χ1) is 11.7. The van der Waals surface area contributed by atoms with Gasteiger partial charge in [0.05, 0.1) is 5.56 Å². The SMILES string of the molecule is CC1NCCCC1NC(=O)c1ccccc1C(=O)c1ccccc1.Cl. The van der Waals surface area contributed by atoms with Gasteiger partial charge in [-0.15, -0.1) is 12.4 Å². The summed E-state index contributed by atoms with van der Waals surface area (Å²) in [6.07, 6.45) is 1.99. The fraction of sp³-hybridized carbons (Fsp3) is 0.300. The van der Waals surface area contributed by atoms with Gasteiger partial charge in [-0.05, 0) is 32.4 Å². The van der Waals surface area contributed by atoms with Crippen LogP contribution in [-0.2, 0) is 0 Å². The maximum atomic E-state index is 12.7. The van der Waals surface area contributed by atoms with Gasteiger partial charge < -0.3 is 10.6 Å². The minimum atomic E-state index is -0.185. The Morgan fingerprint density at radius 1 is 1.00 bits per heavy atom. The van der Waals surface area contributed by atoms with Gasteiger partial charge in [-0.3, -0.25) is 9.59 Å². The van der Waals surface area contributed by atoms with Gasteiger partial charge >= 0.3 is 0 Å². The predicted octanol–water partition coefficient (Wildman–Crippen LogP) is 3.21. The van der Waals surface area contributed by atoms with Crippen LogP contribution in [0.15, 0.2) is 54.6 Å². The van der Waals surface area contributed by atoms with Gasteiger partial charge in [0.15, 0.2) is 5.78 Å². The molecule has 1 aliphatic heterocycles. The van der Waals surface area contributed by atoms with E-state index >= 15 is 0 Å². The zero-order chi connectivity index (χ0) is 16.9. The second-order valence-electron chi connectivity index (χ2n) is 6.21. The summed E-state index contributed by atoms with van der Waals surface area (Å²) in [5.74, 6) is -0.313. The highest BCUT2D eigenvalue weighted by atomic mass is 35.5. The van der Waals surface area contributed by atoms with E-state index in [-0.39, 0.29) is 36.2 Å². The molecule has 5 heteroatoms. The fourth-order valence-electron chi connectivity index (χ4n) is 3.11. The van der Waals surface area contributed by atoms with Crippen LogP contribution in [0.5, 0.6) is 0 Å². The largest absolute Gasteiger partial charge is 0.348 e. The molecule has 1 amide bonds. The number of hydrogen-bond donors (Lipinski definition) is 2. The molecule has 4 nitrogen and oxygen atoms in total. The van der Waals surface area contributed by atoms with Crippen molar-refractivity contribution in [3.8, 4) is 0 Å². The average molecular weight is 359 g/mol. The molecule has 0 bridgehead atoms. The standard InChI is InChI=1S/C20H22N2O2.ClH/c1-14-18(12-7-13-21-14)22-20(24)17-11-6-5-10-16(17)19(23)15-8-3-2-4-9-15;/h2-6,8-11,14,18,21H,7,12-13H2,1H3,(H,22,24);1H. The van der Waals surface area contributed by atoms with Crippen molar-refractivity contribution in [2.75, 3.05) is 6.54 Å². The van der Waals surface area contributed by atoms with E-state index in [1.165, 1.54) is 0 Å². The smallest absolute Gasteiger partial charge is 0.252 e. The Morgan fingerprint density at radius 2 is 1.64 bits per heavy atom. The summed E-state index contributed by atoms with van der Waals surface area (Å²) < 4.78 is 0. The minimum Gasteiger partial charge on any atom is -0.348 e. The van der Waals surface area contributed by atoms with Gasteiger partial charge in [0, 0.05) is 23.2 Å². The molecule has 0 spiro atoms. The summed E-state index contributed by atoms with van der Waals surface area (Å²) in [6.45, 7) is 3.06. The second-order valence-corrected chi connectivity index (χ2v) is 6.21. The fourth-order valence-corrected chi connectivity index (χ4v) is 3.11. The van der Waals surface area contributed by atoms with Gasteiger partial charge in [-0.1, -0.05) is 48.5 Å². The summed E-state index contributed by atoms with van der Waals surface area (Å²) in [5.41, 5.74) is 1.46. The number of carbonyl (C=O) groups excluding carboxylic acids is 2. The number of ketones is 1. The number of amides is 1. The van der Waals surface area contributed by atoms with E-state index < -0.39 is 0 Å². The molecule has 0 aliphatic carbocycles. The number of nitrogens with one attached hydrogen (secondary N) is 2. The summed E-state index contributed by atoms with van der Waals surface area (Å²) >= 11 is 0. The molecule has 3 rings (SSSR count). The van der Waals surface area contributed by atoms with Crippen LogP contribution >= 0.6 is 12.4 Å². The van der Waals surface area contributed by atoms with Crippen molar-refractivity contribution in [2.45, 2.75) is 31.8 Å². The van der Waals surface area contributed by atoms with E-state index in [1.54, 1.807) is 36.4 Å². The van der Waals surface area contributed by atoms with Gasteiger partial charge in [0.2, 0.25) is 0 Å². The van der Waals surface area contributed by atoms with Crippen molar-refractivity contribution in [3.63, 3.8) is 0 Å². The van der Waals surface area contributed by atoms with Crippen molar-refractivity contribution < 1.29 is 9.59 Å². The van der Waals surface area contributed by atoms with Crippen molar-refractivity contribution in [1.29, 1.82) is 0 Å². The van der Waals surface area contributed by atoms with Gasteiger partial charge in [0.1, 0.15) is 0 Å². The van der Waals surface area contributed by atoms with E-state index in [1.807, 2.05) is 18.2 Å². The number of halogens is 1. The number of hydrogen-bond acceptors (Lipinski definition) is 3. The molecule has 0 saturated carbocycles. The lowest BCUT2D eigenvalue weighted by molar-refractivity contribution is 0.0911. The molecule has 2 atom stereocenters. The molecule has 2 unspecified atom stereocenters. The van der Waals surface area contributed by atoms with E-state index in [4.69, 9.17) is 0 Å². The topological polar surface area (TPSA) is 58.2 Å². The van der Waals surface area contributed by atoms with Crippen LogP contribution in [-0.4, -0.2) is 30.3 Å². The van der Waals surface area contributed by atoms with E-state index in [2.05, 4.69) is 17.6 Å². The van der Waals surface area contributed by atoms with Crippen LogP contribution in [0.25, 0.3) is 0 Å². The molecule has 0 radical (unpaired) electrons. The monoisotopic (exact) mass is 358 g/mol. The molecule has 2 N–H and O–H groups in total. The maximum absolute atomic E-state index is 12.7. The lowest BCUT2D eigenvalue weighted by Crippen LogP contribution is -2.52. The third-order valence-corrected chi connectivity index (χ3v) is 4.53. The third-order valence-electron chi connectivity index (χ3n) is 4.53. The van der Waals surface area contributed by atoms with Crippen LogP contribution in [0.1, 0.15) is 46.0 Å². The summed E-state index contributed by atoms with van der Waals surface area (Å²) in [4.78, 5) is 25.5. The zero-order valence-corrected chi connectivity index (χ0v) is 15.0. The van der Waals surface area contributed by atoms with E-state index in [9.17, 15) is 9.59 Å². The van der Waals surface area contributed by atoms with Crippen molar-refractivity contribution in [2.24, 2.45) is 0 Å². The van der Waals surface area contributed by atoms with E-state index in [0.29, 0.717) is 16.7 Å². The predicted molar refractivity (Wildman–Crippen MR) is 102 cm³/mol. The first-order valence-electron chi connectivity index (χ1n) is 8.40. The Labute approximate surface area is 154 Å². The van der Waals surface area contributed by atoms with Crippen molar-refractivity contribution in [1.82, 2.24) is 10.6 Å². The van der Waals surface area contributed by atoms with Gasteiger partial charge in [-0.2, -0.15) is 0 Å². The second kappa shape index (κ2) is 8.79. The van der Waals surface area contributed by atoms with Gasteiger partial charge in [-0.25, -0.2) is 0 Å². The number of benzene rings is 2. The summed E-state index contributed by atoms with van der Waals surface area (Å²) in [5, 5.41) is 6.45. The molecule has 1 heterocycles. The minimum absolute atomic E-state index is 0. The van der Waals surface area contributed by atoms with Gasteiger partial charge in [0.25, 0.3) is 5.91 Å².